The summed E-state index contributed by atoms with van der Waals surface area (Å²) in [4.78, 5) is 21.3. The number of fused-ring (bicyclic) bond motifs is 1. The number of sulfonamides is 1. The number of nitrogen functional groups attached to an aromatic ring is 1. The summed E-state index contributed by atoms with van der Waals surface area (Å²) in [6.07, 6.45) is 5.71. The third-order valence-electron chi connectivity index (χ3n) is 6.67. The van der Waals surface area contributed by atoms with Gasteiger partial charge in [-0.1, -0.05) is 37.3 Å². The highest BCUT2D eigenvalue weighted by molar-refractivity contribution is 7.89. The second-order valence-corrected chi connectivity index (χ2v) is 11.3. The van der Waals surface area contributed by atoms with Crippen LogP contribution in [0.5, 0.6) is 5.75 Å². The van der Waals surface area contributed by atoms with E-state index in [2.05, 4.69) is 19.3 Å². The topological polar surface area (TPSA) is 129 Å². The molecule has 0 radical (unpaired) electrons. The Kier molecular flexibility index (Phi) is 6.94. The Bertz CT molecular complexity index is 1530. The van der Waals surface area contributed by atoms with E-state index in [9.17, 15) is 13.2 Å². The molecule has 0 atom stereocenters. The molecule has 5 rings (SSSR count). The van der Waals surface area contributed by atoms with Gasteiger partial charge in [0.15, 0.2) is 0 Å². The van der Waals surface area contributed by atoms with Gasteiger partial charge in [0.05, 0.1) is 16.7 Å². The molecule has 2 aromatic carbocycles. The molecular weight excluding hydrogens is 490 g/mol. The largest absolute Gasteiger partial charge is 0.423 e. The molecule has 1 aliphatic rings. The van der Waals surface area contributed by atoms with E-state index in [1.165, 1.54) is 6.33 Å². The van der Waals surface area contributed by atoms with E-state index >= 15 is 0 Å². The van der Waals surface area contributed by atoms with Crippen molar-refractivity contribution in [3.63, 3.8) is 0 Å². The first-order valence-corrected chi connectivity index (χ1v) is 14.0. The minimum atomic E-state index is -3.22. The summed E-state index contributed by atoms with van der Waals surface area (Å²) < 4.78 is 34.4. The minimum Gasteiger partial charge on any atom is -0.423 e. The number of hydrogen-bond donors (Lipinski definition) is 2. The van der Waals surface area contributed by atoms with Crippen LogP contribution in [0.15, 0.2) is 67.1 Å². The smallest absolute Gasteiger partial charge is 0.343 e. The number of esters is 1. The summed E-state index contributed by atoms with van der Waals surface area (Å²) >= 11 is 0. The number of rotatable bonds is 9. The van der Waals surface area contributed by atoms with Crippen molar-refractivity contribution in [1.82, 2.24) is 19.3 Å². The minimum absolute atomic E-state index is 0.144. The number of nitrogens with two attached hydrogens (primary N) is 1. The second-order valence-electron chi connectivity index (χ2n) is 9.35. The highest BCUT2D eigenvalue weighted by Crippen LogP contribution is 2.43. The summed E-state index contributed by atoms with van der Waals surface area (Å²) in [7, 11) is -3.22. The molecule has 0 unspecified atom stereocenters. The number of carbonyl (C=O) groups is 1. The van der Waals surface area contributed by atoms with Crippen LogP contribution in [0.3, 0.4) is 0 Å². The number of nitrogens with one attached hydrogen (secondary N) is 1. The molecule has 0 bridgehead atoms. The van der Waals surface area contributed by atoms with Gasteiger partial charge >= 0.3 is 5.97 Å². The van der Waals surface area contributed by atoms with Gasteiger partial charge in [-0.25, -0.2) is 27.9 Å². The Balaban J connectivity index is 1.38. The predicted octanol–water partition coefficient (Wildman–Crippen LogP) is 4.18. The third-order valence-corrected chi connectivity index (χ3v) is 8.22. The fourth-order valence-electron chi connectivity index (χ4n) is 4.75. The SMILES string of the molecule is CCCS(=O)(=O)NCC1CC(n2cc(-c3cccc(OC(=O)c4ccccc4)c3)c3c(N)ncnc32)C1. The number of anilines is 1. The van der Waals surface area contributed by atoms with Crippen LogP contribution in [0, 0.1) is 5.92 Å². The van der Waals surface area contributed by atoms with Crippen molar-refractivity contribution in [3.05, 3.63) is 72.7 Å². The molecule has 4 aromatic rings. The molecule has 3 N–H and O–H groups in total. The van der Waals surface area contributed by atoms with Crippen LogP contribution in [-0.2, 0) is 10.0 Å². The van der Waals surface area contributed by atoms with Crippen LogP contribution >= 0.6 is 0 Å². The maximum absolute atomic E-state index is 12.5. The van der Waals surface area contributed by atoms with Crippen LogP contribution in [-0.4, -0.2) is 41.2 Å². The molecule has 0 saturated heterocycles. The Morgan fingerprint density at radius 1 is 1.14 bits per heavy atom. The lowest BCUT2D eigenvalue weighted by atomic mass is 9.80. The number of carbonyl (C=O) groups excluding carboxylic acids is 1. The van der Waals surface area contributed by atoms with Crippen molar-refractivity contribution in [1.29, 1.82) is 0 Å². The summed E-state index contributed by atoms with van der Waals surface area (Å²) in [6, 6.07) is 16.3. The quantitative estimate of drug-likeness (QED) is 0.251. The first kappa shape index (κ1) is 24.9. The van der Waals surface area contributed by atoms with Gasteiger partial charge in [-0.2, -0.15) is 0 Å². The maximum atomic E-state index is 12.5. The highest BCUT2D eigenvalue weighted by atomic mass is 32.2. The molecular formula is C27H29N5O4S. The van der Waals surface area contributed by atoms with Crippen molar-refractivity contribution in [2.45, 2.75) is 32.2 Å². The van der Waals surface area contributed by atoms with Crippen molar-refractivity contribution >= 4 is 32.8 Å². The molecule has 2 heterocycles. The highest BCUT2D eigenvalue weighted by Gasteiger charge is 2.33. The Morgan fingerprint density at radius 3 is 2.68 bits per heavy atom. The Labute approximate surface area is 215 Å². The zero-order chi connectivity index (χ0) is 26.0. The van der Waals surface area contributed by atoms with Crippen LogP contribution in [0.1, 0.15) is 42.6 Å². The fraction of sp³-hybridized carbons (Fsp3) is 0.296. The van der Waals surface area contributed by atoms with Gasteiger partial charge in [-0.05, 0) is 55.0 Å². The van der Waals surface area contributed by atoms with E-state index in [1.807, 2.05) is 31.3 Å². The summed E-state index contributed by atoms with van der Waals surface area (Å²) in [5, 5.41) is 0.737. The van der Waals surface area contributed by atoms with Crippen LogP contribution < -0.4 is 15.2 Å². The van der Waals surface area contributed by atoms with E-state index in [0.717, 1.165) is 35.0 Å². The number of benzene rings is 2. The van der Waals surface area contributed by atoms with Crippen molar-refractivity contribution in [2.75, 3.05) is 18.0 Å². The first-order valence-electron chi connectivity index (χ1n) is 12.3. The van der Waals surface area contributed by atoms with Gasteiger partial charge in [0.2, 0.25) is 10.0 Å². The summed E-state index contributed by atoms with van der Waals surface area (Å²) in [6.45, 7) is 2.29. The zero-order valence-corrected chi connectivity index (χ0v) is 21.3. The predicted molar refractivity (Wildman–Crippen MR) is 143 cm³/mol. The van der Waals surface area contributed by atoms with Gasteiger partial charge in [0.25, 0.3) is 0 Å². The van der Waals surface area contributed by atoms with Crippen molar-refractivity contribution in [2.24, 2.45) is 5.92 Å². The summed E-state index contributed by atoms with van der Waals surface area (Å²) in [5.41, 5.74) is 9.15. The Morgan fingerprint density at radius 2 is 1.92 bits per heavy atom. The molecule has 192 valence electrons. The van der Waals surface area contributed by atoms with Gasteiger partial charge < -0.3 is 15.0 Å². The first-order chi connectivity index (χ1) is 17.8. The fourth-order valence-corrected chi connectivity index (χ4v) is 5.92. The second kappa shape index (κ2) is 10.3. The monoisotopic (exact) mass is 519 g/mol. The number of aromatic nitrogens is 3. The number of hydrogen-bond acceptors (Lipinski definition) is 7. The molecule has 1 aliphatic carbocycles. The Hall–Kier alpha value is -3.76. The average molecular weight is 520 g/mol. The van der Waals surface area contributed by atoms with E-state index in [0.29, 0.717) is 30.1 Å². The molecule has 0 spiro atoms. The zero-order valence-electron chi connectivity index (χ0n) is 20.5. The molecule has 1 fully saturated rings. The molecule has 2 aromatic heterocycles. The third kappa shape index (κ3) is 5.35. The molecule has 0 amide bonds. The lowest BCUT2D eigenvalue weighted by molar-refractivity contribution is 0.0735. The van der Waals surface area contributed by atoms with Gasteiger partial charge in [0.1, 0.15) is 23.5 Å². The number of ether oxygens (including phenoxy) is 1. The van der Waals surface area contributed by atoms with E-state index in [1.54, 1.807) is 36.4 Å². The van der Waals surface area contributed by atoms with Gasteiger partial charge in [-0.15, -0.1) is 0 Å². The van der Waals surface area contributed by atoms with Crippen LogP contribution in [0.2, 0.25) is 0 Å². The van der Waals surface area contributed by atoms with Crippen LogP contribution in [0.4, 0.5) is 5.82 Å². The average Bonchev–Trinajstić information content (AvgIpc) is 3.24. The van der Waals surface area contributed by atoms with Gasteiger partial charge in [-0.3, -0.25) is 0 Å². The molecule has 10 heteroatoms. The van der Waals surface area contributed by atoms with Crippen molar-refractivity contribution < 1.29 is 17.9 Å². The lowest BCUT2D eigenvalue weighted by Gasteiger charge is -2.36. The standard InChI is InChI=1S/C27H29N5O4S/c1-2-11-37(34,35)31-15-18-12-21(13-18)32-16-23(24-25(28)29-17-30-26(24)32)20-9-6-10-22(14-20)36-27(33)19-7-4-3-5-8-19/h3-10,14,16-18,21,31H,2,11-13,15H2,1H3,(H2,28,29,30). The van der Waals surface area contributed by atoms with Crippen molar-refractivity contribution in [3.8, 4) is 16.9 Å². The lowest BCUT2D eigenvalue weighted by Crippen LogP contribution is -2.37. The van der Waals surface area contributed by atoms with Crippen LogP contribution in [0.25, 0.3) is 22.2 Å². The molecule has 37 heavy (non-hydrogen) atoms. The van der Waals surface area contributed by atoms with Gasteiger partial charge in [0, 0.05) is 24.3 Å². The van der Waals surface area contributed by atoms with E-state index in [-0.39, 0.29) is 17.7 Å². The number of nitrogens with zero attached hydrogens (tertiary/aromatic N) is 3. The summed E-state index contributed by atoms with van der Waals surface area (Å²) in [5.74, 6) is 0.764. The molecule has 0 aliphatic heterocycles. The molecule has 9 nitrogen and oxygen atoms in total. The van der Waals surface area contributed by atoms with E-state index in [4.69, 9.17) is 10.5 Å². The normalized spacial score (nSPS) is 17.4. The maximum Gasteiger partial charge on any atom is 0.343 e. The van der Waals surface area contributed by atoms with E-state index < -0.39 is 16.0 Å². The molecule has 1 saturated carbocycles.